The SMILES string of the molecule is CCCCc1ccc(OCC(=O)NN=Cc2cc(OC)ccc2OCc2cccc(Br)c2)cc1. The molecule has 0 heterocycles. The number of nitrogens with one attached hydrogen (secondary N) is 1. The number of nitrogens with zero attached hydrogens (tertiary/aromatic N) is 1. The van der Waals surface area contributed by atoms with Crippen molar-refractivity contribution < 1.29 is 19.0 Å². The van der Waals surface area contributed by atoms with Crippen LogP contribution in [0.2, 0.25) is 0 Å². The first-order chi connectivity index (χ1) is 16.6. The summed E-state index contributed by atoms with van der Waals surface area (Å²) in [4.78, 5) is 12.2. The summed E-state index contributed by atoms with van der Waals surface area (Å²) in [5, 5.41) is 4.06. The molecular weight excluding hydrogens is 496 g/mol. The second kappa shape index (κ2) is 13.4. The van der Waals surface area contributed by atoms with Gasteiger partial charge in [-0.15, -0.1) is 0 Å². The normalized spacial score (nSPS) is 10.8. The van der Waals surface area contributed by atoms with Crippen LogP contribution in [-0.2, 0) is 17.8 Å². The van der Waals surface area contributed by atoms with Gasteiger partial charge < -0.3 is 14.2 Å². The Kier molecular flexibility index (Phi) is 9.98. The summed E-state index contributed by atoms with van der Waals surface area (Å²) < 4.78 is 17.8. The van der Waals surface area contributed by atoms with Gasteiger partial charge in [0, 0.05) is 10.0 Å². The van der Waals surface area contributed by atoms with Gasteiger partial charge in [-0.25, -0.2) is 5.43 Å². The Morgan fingerprint density at radius 3 is 2.53 bits per heavy atom. The van der Waals surface area contributed by atoms with E-state index in [4.69, 9.17) is 14.2 Å². The van der Waals surface area contributed by atoms with Crippen LogP contribution in [0.1, 0.15) is 36.5 Å². The summed E-state index contributed by atoms with van der Waals surface area (Å²) in [7, 11) is 1.59. The molecule has 0 aromatic heterocycles. The molecule has 7 heteroatoms. The van der Waals surface area contributed by atoms with Crippen molar-refractivity contribution >= 4 is 28.1 Å². The van der Waals surface area contributed by atoms with E-state index in [1.54, 1.807) is 13.2 Å². The number of unbranched alkanes of at least 4 members (excludes halogenated alkanes) is 1. The number of hydrazone groups is 1. The van der Waals surface area contributed by atoms with Crippen molar-refractivity contribution in [3.63, 3.8) is 0 Å². The van der Waals surface area contributed by atoms with Gasteiger partial charge in [0.15, 0.2) is 6.61 Å². The van der Waals surface area contributed by atoms with Crippen molar-refractivity contribution in [2.45, 2.75) is 32.8 Å². The van der Waals surface area contributed by atoms with Gasteiger partial charge in [0.25, 0.3) is 5.91 Å². The molecule has 0 radical (unpaired) electrons. The minimum atomic E-state index is -0.356. The molecule has 3 aromatic carbocycles. The minimum Gasteiger partial charge on any atom is -0.497 e. The number of hydrogen-bond donors (Lipinski definition) is 1. The van der Waals surface area contributed by atoms with Crippen LogP contribution in [-0.4, -0.2) is 25.8 Å². The van der Waals surface area contributed by atoms with Crippen LogP contribution in [0.5, 0.6) is 17.2 Å². The van der Waals surface area contributed by atoms with Crippen LogP contribution in [0.3, 0.4) is 0 Å². The van der Waals surface area contributed by atoms with Crippen molar-refractivity contribution in [3.8, 4) is 17.2 Å². The summed E-state index contributed by atoms with van der Waals surface area (Å²) in [6, 6.07) is 21.1. The second-order valence-corrected chi connectivity index (χ2v) is 8.57. The summed E-state index contributed by atoms with van der Waals surface area (Å²) in [5.41, 5.74) is 5.46. The zero-order valence-corrected chi connectivity index (χ0v) is 21.0. The van der Waals surface area contributed by atoms with Crippen LogP contribution >= 0.6 is 15.9 Å². The number of rotatable bonds is 12. The lowest BCUT2D eigenvalue weighted by atomic mass is 10.1. The number of halogens is 1. The fraction of sp³-hybridized carbons (Fsp3) is 0.259. The van der Waals surface area contributed by atoms with Crippen molar-refractivity contribution in [2.24, 2.45) is 5.10 Å². The molecule has 178 valence electrons. The Labute approximate surface area is 209 Å². The van der Waals surface area contributed by atoms with Gasteiger partial charge in [-0.05, 0) is 66.4 Å². The smallest absolute Gasteiger partial charge is 0.277 e. The number of amides is 1. The fourth-order valence-corrected chi connectivity index (χ4v) is 3.61. The van der Waals surface area contributed by atoms with E-state index in [0.717, 1.165) is 29.3 Å². The highest BCUT2D eigenvalue weighted by Crippen LogP contribution is 2.24. The third-order valence-corrected chi connectivity index (χ3v) is 5.50. The van der Waals surface area contributed by atoms with E-state index < -0.39 is 0 Å². The monoisotopic (exact) mass is 524 g/mol. The maximum Gasteiger partial charge on any atom is 0.277 e. The van der Waals surface area contributed by atoms with Crippen LogP contribution < -0.4 is 19.6 Å². The quantitative estimate of drug-likeness (QED) is 0.236. The lowest BCUT2D eigenvalue weighted by molar-refractivity contribution is -0.123. The Morgan fingerprint density at radius 2 is 1.79 bits per heavy atom. The molecule has 6 nitrogen and oxygen atoms in total. The summed E-state index contributed by atoms with van der Waals surface area (Å²) in [6.07, 6.45) is 4.89. The first kappa shape index (κ1) is 25.3. The number of benzene rings is 3. The molecule has 0 aliphatic heterocycles. The van der Waals surface area contributed by atoms with E-state index in [1.165, 1.54) is 11.8 Å². The van der Waals surface area contributed by atoms with E-state index in [-0.39, 0.29) is 12.5 Å². The van der Waals surface area contributed by atoms with Crippen LogP contribution in [0, 0.1) is 0 Å². The molecule has 3 rings (SSSR count). The minimum absolute atomic E-state index is 0.129. The predicted molar refractivity (Wildman–Crippen MR) is 138 cm³/mol. The average Bonchev–Trinajstić information content (AvgIpc) is 2.86. The van der Waals surface area contributed by atoms with Crippen molar-refractivity contribution in [1.82, 2.24) is 5.43 Å². The predicted octanol–water partition coefficient (Wildman–Crippen LogP) is 5.91. The molecule has 0 spiro atoms. The molecule has 0 saturated carbocycles. The number of carbonyl (C=O) groups excluding carboxylic acids is 1. The molecule has 34 heavy (non-hydrogen) atoms. The van der Waals surface area contributed by atoms with E-state index in [0.29, 0.717) is 29.4 Å². The van der Waals surface area contributed by atoms with Crippen LogP contribution in [0.4, 0.5) is 0 Å². The van der Waals surface area contributed by atoms with Crippen LogP contribution in [0.25, 0.3) is 0 Å². The molecule has 0 aliphatic rings. The molecule has 3 aromatic rings. The third-order valence-electron chi connectivity index (χ3n) is 5.01. The molecule has 1 amide bonds. The molecule has 0 aliphatic carbocycles. The lowest BCUT2D eigenvalue weighted by Crippen LogP contribution is -2.24. The topological polar surface area (TPSA) is 69.2 Å². The first-order valence-corrected chi connectivity index (χ1v) is 12.0. The van der Waals surface area contributed by atoms with Crippen molar-refractivity contribution in [3.05, 3.63) is 87.9 Å². The Morgan fingerprint density at radius 1 is 1.00 bits per heavy atom. The van der Waals surface area contributed by atoms with E-state index in [9.17, 15) is 4.79 Å². The largest absolute Gasteiger partial charge is 0.497 e. The highest BCUT2D eigenvalue weighted by atomic mass is 79.9. The highest BCUT2D eigenvalue weighted by Gasteiger charge is 2.07. The maximum atomic E-state index is 12.2. The van der Waals surface area contributed by atoms with Gasteiger partial charge in [-0.3, -0.25) is 4.79 Å². The standard InChI is InChI=1S/C27H29BrN2O4/c1-3-4-6-20-9-11-24(12-10-20)33-19-27(31)30-29-17-22-16-25(32-2)13-14-26(22)34-18-21-7-5-8-23(28)15-21/h5,7-17H,3-4,6,18-19H2,1-2H3,(H,30,31). The lowest BCUT2D eigenvalue weighted by Gasteiger charge is -2.11. The molecular formula is C27H29BrN2O4. The second-order valence-electron chi connectivity index (χ2n) is 7.65. The number of ether oxygens (including phenoxy) is 3. The number of hydrogen-bond acceptors (Lipinski definition) is 5. The molecule has 0 fully saturated rings. The maximum absolute atomic E-state index is 12.2. The van der Waals surface area contributed by atoms with Crippen molar-refractivity contribution in [1.29, 1.82) is 0 Å². The zero-order chi connectivity index (χ0) is 24.2. The Balaban J connectivity index is 1.54. The summed E-state index contributed by atoms with van der Waals surface area (Å²) in [5.74, 6) is 1.58. The fourth-order valence-electron chi connectivity index (χ4n) is 3.16. The van der Waals surface area contributed by atoms with Gasteiger partial charge >= 0.3 is 0 Å². The number of methoxy groups -OCH3 is 1. The average molecular weight is 525 g/mol. The van der Waals surface area contributed by atoms with Crippen LogP contribution in [0.15, 0.2) is 76.3 Å². The van der Waals surface area contributed by atoms with E-state index in [2.05, 4.69) is 33.4 Å². The number of aryl methyl sites for hydroxylation is 1. The van der Waals surface area contributed by atoms with E-state index >= 15 is 0 Å². The van der Waals surface area contributed by atoms with Gasteiger partial charge in [-0.2, -0.15) is 5.10 Å². The van der Waals surface area contributed by atoms with Crippen molar-refractivity contribution in [2.75, 3.05) is 13.7 Å². The molecule has 0 bridgehead atoms. The summed E-state index contributed by atoms with van der Waals surface area (Å²) in [6.45, 7) is 2.44. The zero-order valence-electron chi connectivity index (χ0n) is 19.4. The molecule has 0 unspecified atom stereocenters. The molecule has 0 saturated heterocycles. The highest BCUT2D eigenvalue weighted by molar-refractivity contribution is 9.10. The first-order valence-electron chi connectivity index (χ1n) is 11.2. The van der Waals surface area contributed by atoms with Gasteiger partial charge in [0.1, 0.15) is 23.9 Å². The molecule has 1 N–H and O–H groups in total. The van der Waals surface area contributed by atoms with Gasteiger partial charge in [0.2, 0.25) is 0 Å². The number of carbonyl (C=O) groups is 1. The third kappa shape index (κ3) is 8.23. The van der Waals surface area contributed by atoms with Gasteiger partial charge in [0.05, 0.1) is 13.3 Å². The van der Waals surface area contributed by atoms with Gasteiger partial charge in [-0.1, -0.05) is 53.5 Å². The Bertz CT molecular complexity index is 1100. The summed E-state index contributed by atoms with van der Waals surface area (Å²) >= 11 is 3.47. The molecule has 0 atom stereocenters. The Hall–Kier alpha value is -3.32. The van der Waals surface area contributed by atoms with E-state index in [1.807, 2.05) is 60.7 Å².